The largest absolute Gasteiger partial charge is 0.461 e. The first-order valence-electron chi connectivity index (χ1n) is 7.91. The number of thioether (sulfide) groups is 1. The molecule has 0 bridgehead atoms. The summed E-state index contributed by atoms with van der Waals surface area (Å²) >= 11 is 1.34. The van der Waals surface area contributed by atoms with Gasteiger partial charge >= 0.3 is 0 Å². The second-order valence-corrected chi connectivity index (χ2v) is 6.48. The molecule has 25 heavy (non-hydrogen) atoms. The minimum Gasteiger partial charge on any atom is -0.461 e. The van der Waals surface area contributed by atoms with E-state index in [9.17, 15) is 4.79 Å². The van der Waals surface area contributed by atoms with E-state index >= 15 is 0 Å². The first kappa shape index (κ1) is 17.3. The zero-order chi connectivity index (χ0) is 18.0. The highest BCUT2D eigenvalue weighted by Gasteiger charge is 2.17. The lowest BCUT2D eigenvalue weighted by molar-refractivity contribution is -0.113. The van der Waals surface area contributed by atoms with Crippen LogP contribution >= 0.6 is 11.8 Å². The number of anilines is 1. The molecule has 0 unspecified atom stereocenters. The molecule has 0 saturated heterocycles. The molecule has 1 N–H and O–H groups in total. The van der Waals surface area contributed by atoms with Crippen LogP contribution in [0.2, 0.25) is 0 Å². The summed E-state index contributed by atoms with van der Waals surface area (Å²) in [5, 5.41) is 16.3. The van der Waals surface area contributed by atoms with Gasteiger partial charge in [-0.25, -0.2) is 0 Å². The lowest BCUT2D eigenvalue weighted by Gasteiger charge is -2.07. The molecule has 3 aromatic heterocycles. The van der Waals surface area contributed by atoms with Gasteiger partial charge in [0.2, 0.25) is 5.91 Å². The number of carbonyl (C=O) groups is 1. The molecule has 0 saturated carbocycles. The van der Waals surface area contributed by atoms with E-state index in [4.69, 9.17) is 4.42 Å². The number of amides is 1. The van der Waals surface area contributed by atoms with E-state index < -0.39 is 0 Å². The van der Waals surface area contributed by atoms with E-state index in [2.05, 4.69) is 20.6 Å². The van der Waals surface area contributed by atoms with E-state index in [-0.39, 0.29) is 11.7 Å². The lowest BCUT2D eigenvalue weighted by atomic mass is 10.3. The van der Waals surface area contributed by atoms with Crippen molar-refractivity contribution < 1.29 is 9.21 Å². The first-order valence-corrected chi connectivity index (χ1v) is 8.89. The number of carbonyl (C=O) groups excluding carboxylic acids is 1. The quantitative estimate of drug-likeness (QED) is 0.680. The van der Waals surface area contributed by atoms with E-state index in [1.807, 2.05) is 44.5 Å². The van der Waals surface area contributed by atoms with Gasteiger partial charge in [-0.05, 0) is 32.9 Å². The van der Waals surface area contributed by atoms with Crippen molar-refractivity contribution in [1.29, 1.82) is 0 Å². The highest BCUT2D eigenvalue weighted by atomic mass is 32.2. The third kappa shape index (κ3) is 3.46. The van der Waals surface area contributed by atoms with Crippen LogP contribution in [0, 0.1) is 13.8 Å². The maximum absolute atomic E-state index is 12.3. The van der Waals surface area contributed by atoms with Gasteiger partial charge < -0.3 is 9.73 Å². The van der Waals surface area contributed by atoms with Gasteiger partial charge in [-0.2, -0.15) is 5.10 Å². The van der Waals surface area contributed by atoms with Crippen LogP contribution in [-0.2, 0) is 18.4 Å². The van der Waals surface area contributed by atoms with Crippen molar-refractivity contribution in [3.8, 4) is 11.6 Å². The number of rotatable bonds is 6. The van der Waals surface area contributed by atoms with Crippen LogP contribution < -0.4 is 5.32 Å². The van der Waals surface area contributed by atoms with Gasteiger partial charge in [0, 0.05) is 13.6 Å². The molecule has 8 nitrogen and oxygen atoms in total. The van der Waals surface area contributed by atoms with Gasteiger partial charge in [0.05, 0.1) is 29.1 Å². The van der Waals surface area contributed by atoms with Crippen LogP contribution in [0.3, 0.4) is 0 Å². The molecular formula is C16H20N6O2S. The third-order valence-electron chi connectivity index (χ3n) is 3.88. The Morgan fingerprint density at radius 2 is 2.16 bits per heavy atom. The Labute approximate surface area is 149 Å². The van der Waals surface area contributed by atoms with Crippen LogP contribution in [0.25, 0.3) is 11.6 Å². The fourth-order valence-corrected chi connectivity index (χ4v) is 3.33. The van der Waals surface area contributed by atoms with Crippen molar-refractivity contribution in [2.45, 2.75) is 32.5 Å². The fourth-order valence-electron chi connectivity index (χ4n) is 2.53. The van der Waals surface area contributed by atoms with E-state index in [0.717, 1.165) is 17.1 Å². The Kier molecular flexibility index (Phi) is 4.93. The Bertz CT molecular complexity index is 881. The number of nitrogens with zero attached hydrogens (tertiary/aromatic N) is 5. The average molecular weight is 360 g/mol. The lowest BCUT2D eigenvalue weighted by Crippen LogP contribution is -2.15. The monoisotopic (exact) mass is 360 g/mol. The summed E-state index contributed by atoms with van der Waals surface area (Å²) in [4.78, 5) is 12.3. The Morgan fingerprint density at radius 1 is 1.36 bits per heavy atom. The summed E-state index contributed by atoms with van der Waals surface area (Å²) in [6.45, 7) is 6.49. The molecule has 0 aliphatic rings. The summed E-state index contributed by atoms with van der Waals surface area (Å²) in [7, 11) is 1.85. The molecule has 132 valence electrons. The van der Waals surface area contributed by atoms with Gasteiger partial charge in [-0.15, -0.1) is 10.2 Å². The molecule has 0 aliphatic heterocycles. The number of hydrogen-bond acceptors (Lipinski definition) is 6. The van der Waals surface area contributed by atoms with Crippen LogP contribution in [0.4, 0.5) is 5.69 Å². The zero-order valence-corrected chi connectivity index (χ0v) is 15.4. The molecule has 3 aromatic rings. The van der Waals surface area contributed by atoms with Crippen molar-refractivity contribution in [1.82, 2.24) is 24.5 Å². The molecule has 0 aliphatic carbocycles. The van der Waals surface area contributed by atoms with Gasteiger partial charge in [0.25, 0.3) is 0 Å². The minimum absolute atomic E-state index is 0.102. The molecule has 0 aromatic carbocycles. The summed E-state index contributed by atoms with van der Waals surface area (Å²) < 4.78 is 9.07. The van der Waals surface area contributed by atoms with E-state index in [0.29, 0.717) is 23.3 Å². The first-order chi connectivity index (χ1) is 12.0. The molecule has 0 radical (unpaired) electrons. The molecule has 0 atom stereocenters. The Hall–Kier alpha value is -2.55. The van der Waals surface area contributed by atoms with Crippen molar-refractivity contribution >= 4 is 23.4 Å². The maximum atomic E-state index is 12.3. The van der Waals surface area contributed by atoms with Crippen LogP contribution in [0.5, 0.6) is 0 Å². The third-order valence-corrected chi connectivity index (χ3v) is 4.85. The summed E-state index contributed by atoms with van der Waals surface area (Å²) in [5.41, 5.74) is 2.49. The van der Waals surface area contributed by atoms with Gasteiger partial charge in [-0.1, -0.05) is 11.8 Å². The molecule has 0 spiro atoms. The Morgan fingerprint density at radius 3 is 2.76 bits per heavy atom. The summed E-state index contributed by atoms with van der Waals surface area (Å²) in [6.07, 6.45) is 1.60. The second kappa shape index (κ2) is 7.14. The van der Waals surface area contributed by atoms with Gasteiger partial charge in [0.1, 0.15) is 0 Å². The zero-order valence-electron chi connectivity index (χ0n) is 14.6. The number of nitrogens with one attached hydrogen (secondary N) is 1. The fraction of sp³-hybridized carbons (Fsp3) is 0.375. The molecule has 9 heteroatoms. The topological polar surface area (TPSA) is 90.8 Å². The van der Waals surface area contributed by atoms with Crippen LogP contribution in [0.15, 0.2) is 28.0 Å². The number of furan rings is 1. The van der Waals surface area contributed by atoms with E-state index in [1.165, 1.54) is 11.8 Å². The molecule has 0 fully saturated rings. The Balaban J connectivity index is 1.68. The smallest absolute Gasteiger partial charge is 0.234 e. The molecule has 3 heterocycles. The predicted octanol–water partition coefficient (Wildman–Crippen LogP) is 2.64. The average Bonchev–Trinajstić information content (AvgIpc) is 3.29. The highest BCUT2D eigenvalue weighted by molar-refractivity contribution is 7.99. The van der Waals surface area contributed by atoms with Gasteiger partial charge in [-0.3, -0.25) is 14.0 Å². The van der Waals surface area contributed by atoms with Crippen molar-refractivity contribution in [2.24, 2.45) is 7.05 Å². The maximum Gasteiger partial charge on any atom is 0.234 e. The summed E-state index contributed by atoms with van der Waals surface area (Å²) in [5.74, 6) is 1.46. The van der Waals surface area contributed by atoms with E-state index in [1.54, 1.807) is 10.9 Å². The van der Waals surface area contributed by atoms with Crippen LogP contribution in [-0.4, -0.2) is 36.2 Å². The van der Waals surface area contributed by atoms with Crippen molar-refractivity contribution in [2.75, 3.05) is 11.1 Å². The highest BCUT2D eigenvalue weighted by Crippen LogP contribution is 2.25. The van der Waals surface area contributed by atoms with Crippen molar-refractivity contribution in [3.63, 3.8) is 0 Å². The molecular weight excluding hydrogens is 340 g/mol. The standard InChI is InChI=1S/C16H20N6O2S/c1-5-22-15(12-7-6-8-24-12)18-19-16(22)25-9-13(23)17-14-10(2)20-21(4)11(14)3/h6-8H,5,9H2,1-4H3,(H,17,23). The van der Waals surface area contributed by atoms with Crippen LogP contribution in [0.1, 0.15) is 18.3 Å². The summed E-state index contributed by atoms with van der Waals surface area (Å²) in [6, 6.07) is 3.65. The van der Waals surface area contributed by atoms with Gasteiger partial charge in [0.15, 0.2) is 16.7 Å². The predicted molar refractivity (Wildman–Crippen MR) is 95.4 cm³/mol. The second-order valence-electron chi connectivity index (χ2n) is 5.53. The number of aromatic nitrogens is 5. The normalized spacial score (nSPS) is 11.0. The number of hydrogen-bond donors (Lipinski definition) is 1. The minimum atomic E-state index is -0.102. The SMILES string of the molecule is CCn1c(SCC(=O)Nc2c(C)nn(C)c2C)nnc1-c1ccco1. The number of aryl methyl sites for hydroxylation is 2. The molecule has 1 amide bonds. The molecule has 3 rings (SSSR count). The van der Waals surface area contributed by atoms with Crippen molar-refractivity contribution in [3.05, 3.63) is 29.8 Å².